The number of nitrogens with zero attached hydrogens (tertiary/aromatic N) is 1. The Morgan fingerprint density at radius 1 is 1.53 bits per heavy atom. The molecule has 0 unspecified atom stereocenters. The second-order valence-electron chi connectivity index (χ2n) is 3.21. The van der Waals surface area contributed by atoms with Crippen molar-refractivity contribution in [1.29, 1.82) is 0 Å². The lowest BCUT2D eigenvalue weighted by atomic mass is 10.1. The molecule has 0 saturated heterocycles. The summed E-state index contributed by atoms with van der Waals surface area (Å²) in [5, 5.41) is 10.9. The van der Waals surface area contributed by atoms with Gasteiger partial charge < -0.3 is 11.1 Å². The molecule has 0 fully saturated rings. The molecule has 0 amide bonds. The lowest BCUT2D eigenvalue weighted by molar-refractivity contribution is 1.09. The molecule has 1 heterocycles. The van der Waals surface area contributed by atoms with Gasteiger partial charge in [-0.25, -0.2) is 0 Å². The van der Waals surface area contributed by atoms with Crippen LogP contribution in [0.15, 0.2) is 37.6 Å². The van der Waals surface area contributed by atoms with Crippen LogP contribution in [0, 0.1) is 0 Å². The van der Waals surface area contributed by atoms with Gasteiger partial charge in [-0.3, -0.25) is 5.10 Å². The van der Waals surface area contributed by atoms with E-state index in [4.69, 9.17) is 5.73 Å². The minimum atomic E-state index is 0.456. The average Bonchev–Trinajstić information content (AvgIpc) is 2.61. The van der Waals surface area contributed by atoms with Crippen molar-refractivity contribution < 1.29 is 0 Å². The number of rotatable bonds is 3. The summed E-state index contributed by atoms with van der Waals surface area (Å²) in [6.07, 6.45) is 1.62. The summed E-state index contributed by atoms with van der Waals surface area (Å²) in [5.41, 5.74) is 8.66. The summed E-state index contributed by atoms with van der Waals surface area (Å²) in [4.78, 5) is 0. The Morgan fingerprint density at radius 3 is 3.00 bits per heavy atom. The largest absolute Gasteiger partial charge is 0.397 e. The summed E-state index contributed by atoms with van der Waals surface area (Å²) in [5.74, 6) is 0. The van der Waals surface area contributed by atoms with Gasteiger partial charge in [0, 0.05) is 11.1 Å². The van der Waals surface area contributed by atoms with E-state index >= 15 is 0 Å². The number of anilines is 1. The fourth-order valence-corrected chi connectivity index (χ4v) is 1.47. The van der Waals surface area contributed by atoms with Crippen LogP contribution in [0.25, 0.3) is 16.6 Å². The predicted molar refractivity (Wildman–Crippen MR) is 63.1 cm³/mol. The highest BCUT2D eigenvalue weighted by Gasteiger charge is 2.06. The maximum absolute atomic E-state index is 5.63. The van der Waals surface area contributed by atoms with Crippen molar-refractivity contribution in [3.63, 3.8) is 0 Å². The zero-order valence-electron chi connectivity index (χ0n) is 8.25. The number of fused-ring (bicyclic) bond motifs is 1. The quantitative estimate of drug-likeness (QED) is 0.710. The van der Waals surface area contributed by atoms with E-state index < -0.39 is 0 Å². The second kappa shape index (κ2) is 3.49. The molecule has 2 aromatic rings. The number of nitrogens with one attached hydrogen (secondary N) is 2. The third kappa shape index (κ3) is 1.57. The van der Waals surface area contributed by atoms with E-state index in [-0.39, 0.29) is 0 Å². The third-order valence-corrected chi connectivity index (χ3v) is 2.14. The van der Waals surface area contributed by atoms with E-state index in [1.165, 1.54) is 0 Å². The highest BCUT2D eigenvalue weighted by molar-refractivity contribution is 5.91. The molecule has 0 atom stereocenters. The van der Waals surface area contributed by atoms with Crippen molar-refractivity contribution in [3.8, 4) is 0 Å². The molecule has 0 saturated carbocycles. The van der Waals surface area contributed by atoms with Crippen molar-refractivity contribution in [2.45, 2.75) is 0 Å². The minimum Gasteiger partial charge on any atom is -0.397 e. The average molecular weight is 200 g/mol. The van der Waals surface area contributed by atoms with E-state index in [0.717, 1.165) is 16.6 Å². The lowest BCUT2D eigenvalue weighted by Crippen LogP contribution is -1.94. The monoisotopic (exact) mass is 200 g/mol. The van der Waals surface area contributed by atoms with Crippen LogP contribution in [0.3, 0.4) is 0 Å². The van der Waals surface area contributed by atoms with E-state index in [2.05, 4.69) is 28.7 Å². The van der Waals surface area contributed by atoms with Gasteiger partial charge in [-0.1, -0.05) is 13.2 Å². The molecule has 15 heavy (non-hydrogen) atoms. The number of hydrogen-bond donors (Lipinski definition) is 3. The number of aromatic amines is 1. The number of nitrogens with two attached hydrogens (primary N) is 1. The Kier molecular flexibility index (Phi) is 2.17. The van der Waals surface area contributed by atoms with Crippen LogP contribution in [0.5, 0.6) is 0 Å². The minimum absolute atomic E-state index is 0.456. The first-order chi connectivity index (χ1) is 7.22. The van der Waals surface area contributed by atoms with E-state index in [9.17, 15) is 0 Å². The molecular weight excluding hydrogens is 188 g/mol. The number of H-pyrrole nitrogens is 1. The van der Waals surface area contributed by atoms with E-state index in [1.54, 1.807) is 6.20 Å². The summed E-state index contributed by atoms with van der Waals surface area (Å²) < 4.78 is 0. The van der Waals surface area contributed by atoms with Crippen LogP contribution in [0.2, 0.25) is 0 Å². The van der Waals surface area contributed by atoms with Crippen molar-refractivity contribution in [1.82, 2.24) is 10.2 Å². The number of benzene rings is 1. The maximum Gasteiger partial charge on any atom is 0.115 e. The Balaban J connectivity index is 2.61. The topological polar surface area (TPSA) is 66.7 Å². The van der Waals surface area contributed by atoms with Gasteiger partial charge in [0.15, 0.2) is 0 Å². The molecule has 2 rings (SSSR count). The second-order valence-corrected chi connectivity index (χ2v) is 3.21. The molecule has 0 radical (unpaired) electrons. The van der Waals surface area contributed by atoms with Gasteiger partial charge in [0.1, 0.15) is 5.69 Å². The third-order valence-electron chi connectivity index (χ3n) is 2.14. The smallest absolute Gasteiger partial charge is 0.115 e. The molecule has 1 aromatic carbocycles. The van der Waals surface area contributed by atoms with E-state index in [1.807, 2.05) is 18.2 Å². The molecule has 0 aliphatic rings. The zero-order valence-corrected chi connectivity index (χ0v) is 8.25. The molecule has 0 aliphatic carbocycles. The van der Waals surface area contributed by atoms with Gasteiger partial charge in [-0.15, -0.1) is 0 Å². The van der Waals surface area contributed by atoms with Crippen LogP contribution >= 0.6 is 0 Å². The molecule has 76 valence electrons. The molecule has 0 spiro atoms. The normalized spacial score (nSPS) is 10.1. The fraction of sp³-hybridized carbons (Fsp3) is 0. The Bertz CT molecular complexity index is 524. The first-order valence-electron chi connectivity index (χ1n) is 4.52. The van der Waals surface area contributed by atoms with Crippen LogP contribution in [-0.4, -0.2) is 10.2 Å². The molecule has 1 aromatic heterocycles. The summed E-state index contributed by atoms with van der Waals surface area (Å²) in [6, 6.07) is 5.82. The maximum atomic E-state index is 5.63. The lowest BCUT2D eigenvalue weighted by Gasteiger charge is -2.00. The van der Waals surface area contributed by atoms with Crippen molar-refractivity contribution in [3.05, 3.63) is 43.3 Å². The zero-order chi connectivity index (χ0) is 10.8. The first kappa shape index (κ1) is 9.33. The molecule has 4 heteroatoms. The Labute approximate surface area is 87.5 Å². The summed E-state index contributed by atoms with van der Waals surface area (Å²) in [7, 11) is 0. The highest BCUT2D eigenvalue weighted by Crippen LogP contribution is 2.22. The van der Waals surface area contributed by atoms with Crippen molar-refractivity contribution in [2.24, 2.45) is 5.73 Å². The van der Waals surface area contributed by atoms with Crippen LogP contribution in [-0.2, 0) is 0 Å². The van der Waals surface area contributed by atoms with Gasteiger partial charge in [0.05, 0.1) is 11.2 Å². The summed E-state index contributed by atoms with van der Waals surface area (Å²) in [6.45, 7) is 7.28. The van der Waals surface area contributed by atoms with Gasteiger partial charge in [-0.2, -0.15) is 5.10 Å². The predicted octanol–water partition coefficient (Wildman–Crippen LogP) is 2.05. The Hall–Kier alpha value is -2.23. The van der Waals surface area contributed by atoms with Crippen LogP contribution < -0.4 is 11.1 Å². The highest BCUT2D eigenvalue weighted by atomic mass is 15.1. The molecule has 4 N–H and O–H groups in total. The Morgan fingerprint density at radius 2 is 2.33 bits per heavy atom. The molecule has 0 bridgehead atoms. The molecular formula is C11H12N4. The van der Waals surface area contributed by atoms with Gasteiger partial charge in [0.2, 0.25) is 0 Å². The fourth-order valence-electron chi connectivity index (χ4n) is 1.47. The summed E-state index contributed by atoms with van der Waals surface area (Å²) >= 11 is 0. The molecule has 4 nitrogen and oxygen atoms in total. The van der Waals surface area contributed by atoms with Gasteiger partial charge in [-0.05, 0) is 24.4 Å². The molecule has 0 aliphatic heterocycles. The number of hydrogen-bond acceptors (Lipinski definition) is 3. The standard InChI is InChI=1S/C11H12N4/c1-3-13-8-4-5-10-9(6-8)11(7(2)12)15-14-10/h3-6,13H,1-2,12H2,(H,14,15). The van der Waals surface area contributed by atoms with Crippen molar-refractivity contribution in [2.75, 3.05) is 5.32 Å². The van der Waals surface area contributed by atoms with Crippen LogP contribution in [0.4, 0.5) is 5.69 Å². The van der Waals surface area contributed by atoms with Crippen LogP contribution in [0.1, 0.15) is 5.69 Å². The van der Waals surface area contributed by atoms with Gasteiger partial charge in [0.25, 0.3) is 0 Å². The van der Waals surface area contributed by atoms with Gasteiger partial charge >= 0.3 is 0 Å². The first-order valence-corrected chi connectivity index (χ1v) is 4.52. The number of aromatic nitrogens is 2. The van der Waals surface area contributed by atoms with Crippen molar-refractivity contribution >= 4 is 22.3 Å². The SMILES string of the molecule is C=CNc1ccc2[nH]nc(C(=C)N)c2c1. The van der Waals surface area contributed by atoms with E-state index in [0.29, 0.717) is 11.4 Å².